The third-order valence-corrected chi connectivity index (χ3v) is 12.3. The third kappa shape index (κ3) is 7.81. The molecule has 63 heavy (non-hydrogen) atoms. The number of fused-ring (bicyclic) bond motifs is 5. The van der Waals surface area contributed by atoms with E-state index >= 15 is 13.6 Å². The number of nitrogens with one attached hydrogen (secondary N) is 2. The van der Waals surface area contributed by atoms with Crippen LogP contribution in [0.15, 0.2) is 83.7 Å². The summed E-state index contributed by atoms with van der Waals surface area (Å²) in [6.07, 6.45) is -1.55. The second kappa shape index (κ2) is 15.5. The molecule has 0 unspecified atom stereocenters. The number of sulfonamides is 1. The molecule has 0 aliphatic heterocycles. The fourth-order valence-electron chi connectivity index (χ4n) is 8.71. The molecule has 3 atom stereocenters. The largest absolute Gasteiger partial charge is 0.344 e. The summed E-state index contributed by atoms with van der Waals surface area (Å²) in [5.74, 6) is -8.89. The van der Waals surface area contributed by atoms with E-state index in [1.54, 1.807) is 18.2 Å². The molecule has 4 aromatic carbocycles. The molecule has 3 aromatic heterocycles. The normalized spacial score (nSPS) is 17.0. The molecule has 20 heteroatoms. The number of carbonyl (C=O) groups excluding carboxylic acids is 1. The minimum atomic E-state index is -3.90. The van der Waals surface area contributed by atoms with Gasteiger partial charge < -0.3 is 5.32 Å². The lowest BCUT2D eigenvalue weighted by atomic mass is 10.0. The first-order valence-corrected chi connectivity index (χ1v) is 21.9. The number of nitrogens with zero attached hydrogens (tertiary/aromatic N) is 6. The highest BCUT2D eigenvalue weighted by Crippen LogP contribution is 2.68. The van der Waals surface area contributed by atoms with E-state index in [0.717, 1.165) is 34.1 Å². The van der Waals surface area contributed by atoms with Gasteiger partial charge in [-0.15, -0.1) is 0 Å². The van der Waals surface area contributed by atoms with Crippen LogP contribution in [0.3, 0.4) is 0 Å². The van der Waals surface area contributed by atoms with Crippen LogP contribution in [0.25, 0.3) is 27.5 Å². The van der Waals surface area contributed by atoms with Crippen molar-refractivity contribution in [2.75, 3.05) is 11.0 Å². The van der Waals surface area contributed by atoms with Crippen LogP contribution < -0.4 is 15.6 Å². The van der Waals surface area contributed by atoms with E-state index in [1.165, 1.54) is 23.9 Å². The number of halogens is 7. The van der Waals surface area contributed by atoms with Gasteiger partial charge in [0.05, 0.1) is 44.8 Å². The van der Waals surface area contributed by atoms with Crippen molar-refractivity contribution in [3.05, 3.63) is 145 Å². The second-order valence-corrected chi connectivity index (χ2v) is 18.0. The zero-order valence-electron chi connectivity index (χ0n) is 33.2. The highest BCUT2D eigenvalue weighted by molar-refractivity contribution is 7.92. The number of alkyl halides is 4. The molecule has 0 saturated heterocycles. The van der Waals surface area contributed by atoms with Gasteiger partial charge in [0.1, 0.15) is 35.4 Å². The van der Waals surface area contributed by atoms with Gasteiger partial charge in [-0.1, -0.05) is 48.0 Å². The molecule has 326 valence electrons. The predicted octanol–water partition coefficient (Wildman–Crippen LogP) is 7.80. The van der Waals surface area contributed by atoms with E-state index in [9.17, 15) is 30.8 Å². The quantitative estimate of drug-likeness (QED) is 0.112. The van der Waals surface area contributed by atoms with Crippen molar-refractivity contribution in [1.82, 2.24) is 34.4 Å². The molecular weight excluding hydrogens is 874 g/mol. The summed E-state index contributed by atoms with van der Waals surface area (Å²) in [5.41, 5.74) is -0.413. The maximum atomic E-state index is 15.5. The fraction of sp³-hybridized carbons (Fsp3) is 0.279. The van der Waals surface area contributed by atoms with Gasteiger partial charge in [-0.25, -0.2) is 31.0 Å². The maximum absolute atomic E-state index is 15.5. The first-order valence-electron chi connectivity index (χ1n) is 19.6. The molecular formula is C43H35ClF6N8O4S. The Balaban J connectivity index is 1.22. The predicted molar refractivity (Wildman–Crippen MR) is 222 cm³/mol. The zero-order chi connectivity index (χ0) is 44.7. The van der Waals surface area contributed by atoms with Gasteiger partial charge >= 0.3 is 0 Å². The van der Waals surface area contributed by atoms with Crippen LogP contribution in [0, 0.1) is 17.6 Å². The molecule has 0 spiro atoms. The van der Waals surface area contributed by atoms with Gasteiger partial charge in [-0.3, -0.25) is 28.2 Å². The van der Waals surface area contributed by atoms with Crippen LogP contribution in [-0.2, 0) is 53.6 Å². The average Bonchev–Trinajstić information content (AvgIpc) is 3.75. The minimum absolute atomic E-state index is 0.00342. The number of carbonyl (C=O) groups is 1. The third-order valence-electron chi connectivity index (χ3n) is 11.4. The molecule has 0 radical (unpaired) electrons. The van der Waals surface area contributed by atoms with E-state index in [2.05, 4.69) is 20.2 Å². The fourth-order valence-corrected chi connectivity index (χ4v) is 9.45. The minimum Gasteiger partial charge on any atom is -0.344 e. The van der Waals surface area contributed by atoms with Crippen molar-refractivity contribution >= 4 is 55.2 Å². The van der Waals surface area contributed by atoms with Crippen molar-refractivity contribution in [2.24, 2.45) is 13.0 Å². The maximum Gasteiger partial charge on any atom is 0.293 e. The lowest BCUT2D eigenvalue weighted by Gasteiger charge is -2.24. The molecule has 1 fully saturated rings. The Kier molecular flexibility index (Phi) is 10.4. The van der Waals surface area contributed by atoms with Gasteiger partial charge in [-0.2, -0.15) is 19.0 Å². The van der Waals surface area contributed by atoms with Crippen molar-refractivity contribution in [2.45, 2.75) is 56.5 Å². The number of aryl methyl sites for hydroxylation is 3. The summed E-state index contributed by atoms with van der Waals surface area (Å²) in [6.45, 7) is -0.965. The Morgan fingerprint density at radius 3 is 2.37 bits per heavy atom. The Morgan fingerprint density at radius 2 is 1.67 bits per heavy atom. The number of hydrogen-bond acceptors (Lipinski definition) is 7. The molecule has 7 aromatic rings. The number of rotatable bonds is 13. The van der Waals surface area contributed by atoms with Crippen LogP contribution in [0.5, 0.6) is 0 Å². The van der Waals surface area contributed by atoms with E-state index in [1.807, 2.05) is 30.3 Å². The monoisotopic (exact) mass is 908 g/mol. The molecule has 0 bridgehead atoms. The van der Waals surface area contributed by atoms with Gasteiger partial charge in [0.2, 0.25) is 15.9 Å². The number of amides is 1. The van der Waals surface area contributed by atoms with Crippen molar-refractivity contribution in [1.29, 1.82) is 0 Å². The Bertz CT molecular complexity index is 3160. The van der Waals surface area contributed by atoms with Crippen LogP contribution in [-0.4, -0.2) is 49.7 Å². The van der Waals surface area contributed by atoms with Crippen molar-refractivity contribution < 1.29 is 39.6 Å². The highest BCUT2D eigenvalue weighted by Gasteiger charge is 2.67. The molecule has 2 aliphatic rings. The Hall–Kier alpha value is -6.21. The van der Waals surface area contributed by atoms with E-state index in [0.29, 0.717) is 23.6 Å². The second-order valence-electron chi connectivity index (χ2n) is 15.9. The van der Waals surface area contributed by atoms with E-state index < -0.39 is 87.7 Å². The number of hydrogen-bond donors (Lipinski definition) is 2. The summed E-state index contributed by atoms with van der Waals surface area (Å²) >= 11 is 6.64. The molecule has 9 rings (SSSR count). The van der Waals surface area contributed by atoms with Crippen molar-refractivity contribution in [3.63, 3.8) is 0 Å². The van der Waals surface area contributed by atoms with Crippen LogP contribution >= 0.6 is 11.6 Å². The highest BCUT2D eigenvalue weighted by atomic mass is 35.5. The molecule has 2 N–H and O–H groups in total. The van der Waals surface area contributed by atoms with Crippen LogP contribution in [0.2, 0.25) is 5.02 Å². The van der Waals surface area contributed by atoms with Gasteiger partial charge in [0.15, 0.2) is 5.82 Å². The number of aromatic nitrogens is 6. The summed E-state index contributed by atoms with van der Waals surface area (Å²) < 4.78 is 119. The van der Waals surface area contributed by atoms with E-state index in [4.69, 9.17) is 16.6 Å². The first kappa shape index (κ1) is 42.1. The van der Waals surface area contributed by atoms with Crippen LogP contribution in [0.1, 0.15) is 64.3 Å². The SMILES string of the molecule is Cn1nc(NS(C)(=O)=O)c2c(Cl)ccc(-n3c([C@H](Cc4cc(F)cc(F)c4)NC(=O)Cn4nc(C(F)F)c5c4C(F)(F)[C@@H]4C[C@H]54)nc4cc(CCc5ccccc5)ccc4c3=O)c21. The summed E-state index contributed by atoms with van der Waals surface area (Å²) in [5, 5.41) is 11.0. The van der Waals surface area contributed by atoms with Gasteiger partial charge in [-0.05, 0) is 78.3 Å². The molecule has 1 saturated carbocycles. The summed E-state index contributed by atoms with van der Waals surface area (Å²) in [4.78, 5) is 34.1. The number of benzene rings is 4. The smallest absolute Gasteiger partial charge is 0.293 e. The van der Waals surface area contributed by atoms with E-state index in [-0.39, 0.29) is 61.7 Å². The molecule has 1 amide bonds. The first-order chi connectivity index (χ1) is 29.9. The topological polar surface area (TPSA) is 146 Å². The molecule has 2 aliphatic carbocycles. The van der Waals surface area contributed by atoms with Gasteiger partial charge in [0.25, 0.3) is 17.9 Å². The zero-order valence-corrected chi connectivity index (χ0v) is 34.8. The van der Waals surface area contributed by atoms with Gasteiger partial charge in [0, 0.05) is 31.0 Å². The summed E-state index contributed by atoms with van der Waals surface area (Å²) in [7, 11) is -2.43. The Morgan fingerprint density at radius 1 is 0.952 bits per heavy atom. The molecule has 3 heterocycles. The average molecular weight is 909 g/mol. The van der Waals surface area contributed by atoms with Crippen molar-refractivity contribution in [3.8, 4) is 5.69 Å². The standard InChI is InChI=1S/C43H35ClF6N8O4S/c1-56-37-32(13-12-29(44)35(37)40(54-56)55-63(2,61)62)58-41(52-30-16-22(10-11-26(30)42(58)60)9-8-21-6-4-3-5-7-21)31(17-23-14-24(45)18-25(46)15-23)51-33(59)20-57-38-34(36(53-57)39(47)48)27-19-28(27)43(38,49)50/h3-7,10-16,18,27-28,31,39H,8-9,17,19-20H2,1-2H3,(H,51,59)(H,54,55)/t27-,28+,31-/m0/s1. The summed E-state index contributed by atoms with van der Waals surface area (Å²) in [6, 6.07) is 18.7. The lowest BCUT2D eigenvalue weighted by molar-refractivity contribution is -0.123. The van der Waals surface area contributed by atoms with Crippen LogP contribution in [0.4, 0.5) is 32.2 Å². The lowest BCUT2D eigenvalue weighted by Crippen LogP contribution is -2.38. The molecule has 12 nitrogen and oxygen atoms in total. The Labute approximate surface area is 359 Å². The number of anilines is 1.